The Labute approximate surface area is 113 Å². The highest BCUT2D eigenvalue weighted by Crippen LogP contribution is 2.28. The van der Waals surface area contributed by atoms with Crippen LogP contribution >= 0.6 is 0 Å². The maximum absolute atomic E-state index is 12.4. The van der Waals surface area contributed by atoms with Gasteiger partial charge in [-0.2, -0.15) is 0 Å². The molecule has 2 amide bonds. The lowest BCUT2D eigenvalue weighted by molar-refractivity contribution is -0.122. The molecule has 1 fully saturated rings. The predicted octanol–water partition coefficient (Wildman–Crippen LogP) is 2.09. The van der Waals surface area contributed by atoms with E-state index in [4.69, 9.17) is 5.73 Å². The topological polar surface area (TPSA) is 63.4 Å². The summed E-state index contributed by atoms with van der Waals surface area (Å²) >= 11 is 0. The number of primary amides is 1. The summed E-state index contributed by atoms with van der Waals surface area (Å²) in [6.07, 6.45) is 5.16. The highest BCUT2D eigenvalue weighted by molar-refractivity contribution is 5.98. The van der Waals surface area contributed by atoms with E-state index in [0.717, 1.165) is 18.5 Å². The van der Waals surface area contributed by atoms with Crippen LogP contribution in [0.15, 0.2) is 30.3 Å². The van der Waals surface area contributed by atoms with Crippen molar-refractivity contribution in [3.63, 3.8) is 0 Å². The van der Waals surface area contributed by atoms with Gasteiger partial charge >= 0.3 is 0 Å². The maximum atomic E-state index is 12.4. The second-order valence-corrected chi connectivity index (χ2v) is 5.14. The van der Waals surface area contributed by atoms with Crippen LogP contribution in [0.5, 0.6) is 0 Å². The Morgan fingerprint density at radius 1 is 1.16 bits per heavy atom. The average Bonchev–Trinajstić information content (AvgIpc) is 2.89. The first-order chi connectivity index (χ1) is 9.16. The number of carbonyl (C=O) groups is 2. The molecule has 1 saturated carbocycles. The zero-order chi connectivity index (χ0) is 13.7. The van der Waals surface area contributed by atoms with E-state index in [1.165, 1.54) is 17.7 Å². The second kappa shape index (κ2) is 6.36. The van der Waals surface area contributed by atoms with Gasteiger partial charge < -0.3 is 10.6 Å². The fraction of sp³-hybridized carbons (Fsp3) is 0.467. The largest absolute Gasteiger partial charge is 0.368 e. The van der Waals surface area contributed by atoms with E-state index in [1.54, 1.807) is 0 Å². The fourth-order valence-corrected chi connectivity index (χ4v) is 2.66. The molecule has 1 aromatic carbocycles. The number of amides is 2. The molecule has 0 aliphatic heterocycles. The summed E-state index contributed by atoms with van der Waals surface area (Å²) in [6, 6.07) is 9.25. The van der Waals surface area contributed by atoms with Crippen LogP contribution in [-0.2, 0) is 9.59 Å². The maximum Gasteiger partial charge on any atom is 0.237 e. The van der Waals surface area contributed by atoms with E-state index >= 15 is 0 Å². The standard InChI is InChI=1S/C15H20N2O2/c16-14(18)11-17(13-8-2-1-3-9-13)15(19)10-12-6-4-5-7-12/h1-3,8-9,12H,4-7,10-11H2,(H2,16,18). The first-order valence-electron chi connectivity index (χ1n) is 6.80. The van der Waals surface area contributed by atoms with Crippen molar-refractivity contribution in [1.29, 1.82) is 0 Å². The van der Waals surface area contributed by atoms with Crippen LogP contribution in [0.2, 0.25) is 0 Å². The molecular weight excluding hydrogens is 240 g/mol. The molecular formula is C15H20N2O2. The van der Waals surface area contributed by atoms with Crippen LogP contribution in [0, 0.1) is 5.92 Å². The Bertz CT molecular complexity index is 439. The van der Waals surface area contributed by atoms with Crippen LogP contribution in [0.25, 0.3) is 0 Å². The number of nitrogens with zero attached hydrogens (tertiary/aromatic N) is 1. The van der Waals surface area contributed by atoms with Crippen molar-refractivity contribution in [1.82, 2.24) is 0 Å². The van der Waals surface area contributed by atoms with Crippen molar-refractivity contribution in [2.75, 3.05) is 11.4 Å². The molecule has 0 aromatic heterocycles. The van der Waals surface area contributed by atoms with Gasteiger partial charge in [-0.05, 0) is 30.9 Å². The molecule has 0 atom stereocenters. The normalized spacial score (nSPS) is 15.4. The zero-order valence-electron chi connectivity index (χ0n) is 11.0. The van der Waals surface area contributed by atoms with Crippen LogP contribution in [0.4, 0.5) is 5.69 Å². The zero-order valence-corrected chi connectivity index (χ0v) is 11.0. The Hall–Kier alpha value is -1.84. The average molecular weight is 260 g/mol. The molecule has 4 nitrogen and oxygen atoms in total. The van der Waals surface area contributed by atoms with Crippen LogP contribution in [-0.4, -0.2) is 18.4 Å². The van der Waals surface area contributed by atoms with Crippen molar-refractivity contribution < 1.29 is 9.59 Å². The number of hydrogen-bond donors (Lipinski definition) is 1. The summed E-state index contributed by atoms with van der Waals surface area (Å²) < 4.78 is 0. The molecule has 1 aliphatic rings. The quantitative estimate of drug-likeness (QED) is 0.881. The minimum absolute atomic E-state index is 0.00287. The van der Waals surface area contributed by atoms with Gasteiger partial charge in [-0.3, -0.25) is 9.59 Å². The Morgan fingerprint density at radius 3 is 2.37 bits per heavy atom. The van der Waals surface area contributed by atoms with Gasteiger partial charge in [-0.15, -0.1) is 0 Å². The molecule has 0 spiro atoms. The van der Waals surface area contributed by atoms with Crippen molar-refractivity contribution in [3.8, 4) is 0 Å². The third-order valence-corrected chi connectivity index (χ3v) is 3.62. The third-order valence-electron chi connectivity index (χ3n) is 3.62. The highest BCUT2D eigenvalue weighted by atomic mass is 16.2. The Balaban J connectivity index is 2.08. The van der Waals surface area contributed by atoms with Crippen LogP contribution in [0.1, 0.15) is 32.1 Å². The van der Waals surface area contributed by atoms with Crippen LogP contribution < -0.4 is 10.6 Å². The number of nitrogens with two attached hydrogens (primary N) is 1. The minimum atomic E-state index is -0.483. The summed E-state index contributed by atoms with van der Waals surface area (Å²) in [5.74, 6) is -0.0212. The van der Waals surface area contributed by atoms with Gasteiger partial charge in [0.1, 0.15) is 6.54 Å². The first-order valence-corrected chi connectivity index (χ1v) is 6.80. The monoisotopic (exact) mass is 260 g/mol. The molecule has 19 heavy (non-hydrogen) atoms. The van der Waals surface area contributed by atoms with E-state index in [1.807, 2.05) is 30.3 Å². The molecule has 2 N–H and O–H groups in total. The molecule has 0 unspecified atom stereocenters. The lowest BCUT2D eigenvalue weighted by atomic mass is 10.0. The number of rotatable bonds is 5. The number of hydrogen-bond acceptors (Lipinski definition) is 2. The number of benzene rings is 1. The Morgan fingerprint density at radius 2 is 1.79 bits per heavy atom. The van der Waals surface area contributed by atoms with Crippen molar-refractivity contribution >= 4 is 17.5 Å². The van der Waals surface area contributed by atoms with Crippen LogP contribution in [0.3, 0.4) is 0 Å². The smallest absolute Gasteiger partial charge is 0.237 e. The lowest BCUT2D eigenvalue weighted by Crippen LogP contribution is -2.39. The number of carbonyl (C=O) groups excluding carboxylic acids is 2. The van der Waals surface area contributed by atoms with E-state index in [0.29, 0.717) is 12.3 Å². The van der Waals surface area contributed by atoms with E-state index in [-0.39, 0.29) is 12.5 Å². The SMILES string of the molecule is NC(=O)CN(C(=O)CC1CCCC1)c1ccccc1. The molecule has 0 saturated heterocycles. The molecule has 0 heterocycles. The fourth-order valence-electron chi connectivity index (χ4n) is 2.66. The molecule has 2 rings (SSSR count). The summed E-state index contributed by atoms with van der Waals surface area (Å²) in [5.41, 5.74) is 5.98. The molecule has 0 radical (unpaired) electrons. The first kappa shape index (κ1) is 13.6. The van der Waals surface area contributed by atoms with E-state index in [2.05, 4.69) is 0 Å². The van der Waals surface area contributed by atoms with Crippen molar-refractivity contribution in [2.24, 2.45) is 11.7 Å². The summed E-state index contributed by atoms with van der Waals surface area (Å²) in [7, 11) is 0. The van der Waals surface area contributed by atoms with Crippen molar-refractivity contribution in [3.05, 3.63) is 30.3 Å². The summed E-state index contributed by atoms with van der Waals surface area (Å²) in [4.78, 5) is 25.0. The Kier molecular flexibility index (Phi) is 4.55. The highest BCUT2D eigenvalue weighted by Gasteiger charge is 2.23. The molecule has 102 valence electrons. The third kappa shape index (κ3) is 3.81. The van der Waals surface area contributed by atoms with Gasteiger partial charge in [0.15, 0.2) is 0 Å². The minimum Gasteiger partial charge on any atom is -0.368 e. The molecule has 0 bridgehead atoms. The second-order valence-electron chi connectivity index (χ2n) is 5.14. The van der Waals surface area contributed by atoms with E-state index in [9.17, 15) is 9.59 Å². The summed E-state index contributed by atoms with van der Waals surface area (Å²) in [6.45, 7) is -0.0461. The van der Waals surface area contributed by atoms with Gasteiger partial charge in [0.25, 0.3) is 0 Å². The van der Waals surface area contributed by atoms with Gasteiger partial charge in [0.05, 0.1) is 0 Å². The predicted molar refractivity (Wildman–Crippen MR) is 74.6 cm³/mol. The number of para-hydroxylation sites is 1. The molecule has 1 aromatic rings. The summed E-state index contributed by atoms with van der Waals surface area (Å²) in [5, 5.41) is 0. The number of anilines is 1. The lowest BCUT2D eigenvalue weighted by Gasteiger charge is -2.22. The van der Waals surface area contributed by atoms with Gasteiger partial charge in [0, 0.05) is 12.1 Å². The van der Waals surface area contributed by atoms with Gasteiger partial charge in [-0.1, -0.05) is 31.0 Å². The van der Waals surface area contributed by atoms with Crippen molar-refractivity contribution in [2.45, 2.75) is 32.1 Å². The van der Waals surface area contributed by atoms with E-state index < -0.39 is 5.91 Å². The molecule has 1 aliphatic carbocycles. The van der Waals surface area contributed by atoms with Gasteiger partial charge in [-0.25, -0.2) is 0 Å². The molecule has 4 heteroatoms. The van der Waals surface area contributed by atoms with Gasteiger partial charge in [0.2, 0.25) is 11.8 Å².